The van der Waals surface area contributed by atoms with E-state index in [0.29, 0.717) is 6.42 Å². The summed E-state index contributed by atoms with van der Waals surface area (Å²) in [5, 5.41) is 20.5. The van der Waals surface area contributed by atoms with E-state index in [1.54, 1.807) is 6.92 Å². The lowest BCUT2D eigenvalue weighted by Gasteiger charge is -2.46. The van der Waals surface area contributed by atoms with Gasteiger partial charge in [-0.3, -0.25) is 0 Å². The summed E-state index contributed by atoms with van der Waals surface area (Å²) in [7, 11) is 4.56. The van der Waals surface area contributed by atoms with Crippen LogP contribution in [-0.2, 0) is 18.9 Å². The van der Waals surface area contributed by atoms with Crippen LogP contribution in [0.3, 0.4) is 0 Å². The Labute approximate surface area is 121 Å². The van der Waals surface area contributed by atoms with Crippen LogP contribution in [0.15, 0.2) is 0 Å². The Balaban J connectivity index is 3.24. The van der Waals surface area contributed by atoms with Crippen molar-refractivity contribution in [2.24, 2.45) is 5.41 Å². The molecule has 0 aromatic rings. The summed E-state index contributed by atoms with van der Waals surface area (Å²) >= 11 is 0. The fourth-order valence-corrected chi connectivity index (χ4v) is 3.30. The van der Waals surface area contributed by atoms with Crippen molar-refractivity contribution in [3.8, 4) is 0 Å². The molecule has 0 aromatic carbocycles. The molecule has 1 aliphatic heterocycles. The van der Waals surface area contributed by atoms with Crippen molar-refractivity contribution in [3.63, 3.8) is 0 Å². The molecule has 0 aliphatic carbocycles. The van der Waals surface area contributed by atoms with Gasteiger partial charge in [0.15, 0.2) is 6.29 Å². The van der Waals surface area contributed by atoms with Gasteiger partial charge in [-0.2, -0.15) is 0 Å². The van der Waals surface area contributed by atoms with E-state index < -0.39 is 29.5 Å². The lowest BCUT2D eigenvalue weighted by atomic mass is 9.67. The number of aliphatic hydroxyl groups is 2. The number of hydrogen-bond acceptors (Lipinski definition) is 6. The number of methoxy groups -OCH3 is 3. The first-order valence-corrected chi connectivity index (χ1v) is 6.92. The van der Waals surface area contributed by atoms with E-state index in [9.17, 15) is 10.2 Å². The maximum Gasteiger partial charge on any atom is 0.168 e. The standard InChI is InChI=1S/C14H28O6/c1-7-10-14(3,16)13(2,12(19-6)20-10)11(18-5)9(8-15)17-4/h9-12,15-16H,7-8H2,1-6H3/t9-,10-,11+,12-,13+,14+/m1/s1. The molecular formula is C14H28O6. The molecule has 1 fully saturated rings. The summed E-state index contributed by atoms with van der Waals surface area (Å²) in [6.45, 7) is 5.29. The molecule has 0 aromatic heterocycles. The monoisotopic (exact) mass is 292 g/mol. The molecule has 0 saturated carbocycles. The maximum absolute atomic E-state index is 11.0. The zero-order valence-corrected chi connectivity index (χ0v) is 13.3. The van der Waals surface area contributed by atoms with Gasteiger partial charge < -0.3 is 29.2 Å². The Morgan fingerprint density at radius 2 is 1.80 bits per heavy atom. The van der Waals surface area contributed by atoms with E-state index in [4.69, 9.17) is 18.9 Å². The Morgan fingerprint density at radius 3 is 2.15 bits per heavy atom. The average molecular weight is 292 g/mol. The van der Waals surface area contributed by atoms with Crippen molar-refractivity contribution in [2.45, 2.75) is 57.4 Å². The summed E-state index contributed by atoms with van der Waals surface area (Å²) in [6.07, 6.45) is -1.51. The van der Waals surface area contributed by atoms with Gasteiger partial charge in [0.05, 0.1) is 24.2 Å². The molecule has 6 heteroatoms. The average Bonchev–Trinajstić information content (AvgIpc) is 2.63. The Kier molecular flexibility index (Phi) is 5.95. The van der Waals surface area contributed by atoms with Gasteiger partial charge in [-0.1, -0.05) is 6.92 Å². The Bertz CT molecular complexity index is 304. The van der Waals surface area contributed by atoms with Crippen molar-refractivity contribution in [3.05, 3.63) is 0 Å². The van der Waals surface area contributed by atoms with Crippen molar-refractivity contribution < 1.29 is 29.2 Å². The molecule has 0 spiro atoms. The summed E-state index contributed by atoms with van der Waals surface area (Å²) in [4.78, 5) is 0. The van der Waals surface area contributed by atoms with Gasteiger partial charge in [0.2, 0.25) is 0 Å². The molecule has 1 heterocycles. The molecule has 1 saturated heterocycles. The third-order valence-electron chi connectivity index (χ3n) is 4.75. The molecule has 120 valence electrons. The second-order valence-electron chi connectivity index (χ2n) is 5.64. The lowest BCUT2D eigenvalue weighted by Crippen LogP contribution is -2.61. The topological polar surface area (TPSA) is 77.4 Å². The van der Waals surface area contributed by atoms with E-state index in [1.807, 2.05) is 13.8 Å². The van der Waals surface area contributed by atoms with Crippen molar-refractivity contribution in [1.29, 1.82) is 0 Å². The quantitative estimate of drug-likeness (QED) is 0.713. The van der Waals surface area contributed by atoms with Gasteiger partial charge in [0, 0.05) is 21.3 Å². The lowest BCUT2D eigenvalue weighted by molar-refractivity contribution is -0.222. The number of hydrogen-bond donors (Lipinski definition) is 2. The third kappa shape index (κ3) is 2.49. The van der Waals surface area contributed by atoms with Crippen LogP contribution in [0.4, 0.5) is 0 Å². The Hall–Kier alpha value is -0.240. The van der Waals surface area contributed by atoms with Gasteiger partial charge in [0.1, 0.15) is 11.7 Å². The summed E-state index contributed by atoms with van der Waals surface area (Å²) in [6, 6.07) is 0. The minimum Gasteiger partial charge on any atom is -0.394 e. The van der Waals surface area contributed by atoms with Crippen LogP contribution in [0.1, 0.15) is 27.2 Å². The summed E-state index contributed by atoms with van der Waals surface area (Å²) < 4.78 is 22.1. The highest BCUT2D eigenvalue weighted by Crippen LogP contribution is 2.51. The van der Waals surface area contributed by atoms with Crippen LogP contribution in [0.5, 0.6) is 0 Å². The minimum atomic E-state index is -1.17. The Morgan fingerprint density at radius 1 is 1.20 bits per heavy atom. The smallest absolute Gasteiger partial charge is 0.168 e. The molecule has 2 N–H and O–H groups in total. The van der Waals surface area contributed by atoms with E-state index in [1.165, 1.54) is 21.3 Å². The second kappa shape index (κ2) is 6.68. The van der Waals surface area contributed by atoms with E-state index in [-0.39, 0.29) is 12.7 Å². The first kappa shape index (κ1) is 17.8. The maximum atomic E-state index is 11.0. The highest BCUT2D eigenvalue weighted by atomic mass is 16.7. The van der Waals surface area contributed by atoms with E-state index >= 15 is 0 Å². The molecule has 1 rings (SSSR count). The van der Waals surface area contributed by atoms with Crippen LogP contribution in [0.25, 0.3) is 0 Å². The third-order valence-corrected chi connectivity index (χ3v) is 4.75. The molecule has 0 unspecified atom stereocenters. The number of rotatable bonds is 7. The number of aliphatic hydroxyl groups excluding tert-OH is 1. The van der Waals surface area contributed by atoms with Crippen molar-refractivity contribution in [2.75, 3.05) is 27.9 Å². The molecule has 0 amide bonds. The van der Waals surface area contributed by atoms with Gasteiger partial charge in [-0.05, 0) is 20.3 Å². The zero-order chi connectivity index (χ0) is 15.6. The van der Waals surface area contributed by atoms with Crippen LogP contribution in [0.2, 0.25) is 0 Å². The van der Waals surface area contributed by atoms with Crippen LogP contribution >= 0.6 is 0 Å². The van der Waals surface area contributed by atoms with Gasteiger partial charge in [0.25, 0.3) is 0 Å². The molecule has 20 heavy (non-hydrogen) atoms. The molecule has 6 atom stereocenters. The molecule has 0 radical (unpaired) electrons. The molecule has 6 nitrogen and oxygen atoms in total. The fourth-order valence-electron chi connectivity index (χ4n) is 3.30. The van der Waals surface area contributed by atoms with Gasteiger partial charge in [-0.25, -0.2) is 0 Å². The van der Waals surface area contributed by atoms with Crippen molar-refractivity contribution >= 4 is 0 Å². The van der Waals surface area contributed by atoms with E-state index in [0.717, 1.165) is 0 Å². The first-order chi connectivity index (χ1) is 9.34. The number of ether oxygens (including phenoxy) is 4. The predicted molar refractivity (Wildman–Crippen MR) is 73.4 cm³/mol. The largest absolute Gasteiger partial charge is 0.394 e. The second-order valence-corrected chi connectivity index (χ2v) is 5.64. The highest BCUT2D eigenvalue weighted by Gasteiger charge is 2.65. The predicted octanol–water partition coefficient (Wildman–Crippen LogP) is 0.547. The fraction of sp³-hybridized carbons (Fsp3) is 1.00. The highest BCUT2D eigenvalue weighted by molar-refractivity contribution is 5.10. The van der Waals surface area contributed by atoms with E-state index in [2.05, 4.69) is 0 Å². The van der Waals surface area contributed by atoms with Gasteiger partial charge >= 0.3 is 0 Å². The van der Waals surface area contributed by atoms with Crippen LogP contribution < -0.4 is 0 Å². The van der Waals surface area contributed by atoms with Crippen LogP contribution in [-0.4, -0.2) is 68.4 Å². The van der Waals surface area contributed by atoms with Crippen LogP contribution in [0, 0.1) is 5.41 Å². The summed E-state index contributed by atoms with van der Waals surface area (Å²) in [5.74, 6) is 0. The van der Waals surface area contributed by atoms with Crippen molar-refractivity contribution in [1.82, 2.24) is 0 Å². The normalized spacial score (nSPS) is 40.8. The zero-order valence-electron chi connectivity index (χ0n) is 13.3. The van der Waals surface area contributed by atoms with Gasteiger partial charge in [-0.15, -0.1) is 0 Å². The minimum absolute atomic E-state index is 0.214. The first-order valence-electron chi connectivity index (χ1n) is 6.92. The summed E-state index contributed by atoms with van der Waals surface area (Å²) in [5.41, 5.74) is -2.05. The molecule has 0 bridgehead atoms. The molecule has 1 aliphatic rings. The molecular weight excluding hydrogens is 264 g/mol. The SMILES string of the molecule is CC[C@H]1O[C@@H](OC)[C@](C)([C@@H](OC)[C@@H](CO)OC)[C@@]1(C)O.